The Bertz CT molecular complexity index is 588. The van der Waals surface area contributed by atoms with Gasteiger partial charge in [-0.05, 0) is 12.1 Å². The molecular weight excluding hydrogens is 422 g/mol. The van der Waals surface area contributed by atoms with Crippen molar-refractivity contribution in [3.8, 4) is 5.75 Å². The molecule has 4 atom stereocenters. The first-order valence-corrected chi connectivity index (χ1v) is 7.02. The summed E-state index contributed by atoms with van der Waals surface area (Å²) in [7, 11) is 1.26. The third kappa shape index (κ3) is 15.3. The zero-order valence-electron chi connectivity index (χ0n) is 15.6. The van der Waals surface area contributed by atoms with Crippen LogP contribution in [0.2, 0.25) is 0 Å². The Balaban J connectivity index is -0.000000175. The molecule has 12 nitrogen and oxygen atoms in total. The molecule has 0 aliphatic heterocycles. The Morgan fingerprint density at radius 3 is 1.79 bits per heavy atom. The number of ether oxygens (including phenoxy) is 1. The zero-order valence-corrected chi connectivity index (χ0v) is 18.8. The van der Waals surface area contributed by atoms with E-state index in [2.05, 4.69) is 4.74 Å². The van der Waals surface area contributed by atoms with Crippen LogP contribution in [0.25, 0.3) is 0 Å². The second kappa shape index (κ2) is 20.1. The van der Waals surface area contributed by atoms with Gasteiger partial charge in [-0.25, -0.2) is 9.59 Å². The zero-order chi connectivity index (χ0) is 21.6. The fourth-order valence-corrected chi connectivity index (χ4v) is 1.32. The molecule has 0 aliphatic carbocycles. The van der Waals surface area contributed by atoms with Crippen molar-refractivity contribution >= 4 is 35.8 Å². The Labute approximate surface area is 198 Å². The SMILES string of the molecule is CO[C-]=O.O=C(O)C(O)C(O)C(O)C(O)CO.O=C(O)c1ccccc1O.[Al+3].[Na+]. The average molecular weight is 443 g/mol. The molecule has 0 spiro atoms. The van der Waals surface area contributed by atoms with Gasteiger partial charge in [-0.2, -0.15) is 0 Å². The number of aromatic carboxylic acids is 1. The molecule has 8 N–H and O–H groups in total. The van der Waals surface area contributed by atoms with Crippen molar-refractivity contribution in [1.29, 1.82) is 0 Å². The number of carboxylic acid groups (broad SMARTS) is 2. The van der Waals surface area contributed by atoms with Crippen molar-refractivity contribution < 1.29 is 89.5 Å². The number of aliphatic hydroxyl groups excluding tert-OH is 5. The number of aromatic hydroxyl groups is 1. The standard InChI is InChI=1S/C7H6O3.C6H12O7.C2H3O2.Al.Na/c8-6-4-2-1-3-5(6)7(9)10;7-1-2(8)3(9)4(10)5(11)6(12)13;1-4-2-3;;/h1-4,8H,(H,9,10);2-5,7-11H,1H2,(H,12,13);1H3;;/q;;-1;+3;+1. The van der Waals surface area contributed by atoms with E-state index in [0.717, 1.165) is 0 Å². The predicted molar refractivity (Wildman–Crippen MR) is 92.3 cm³/mol. The van der Waals surface area contributed by atoms with Crippen molar-refractivity contribution in [3.05, 3.63) is 29.8 Å². The maximum atomic E-state index is 10.3. The monoisotopic (exact) mass is 443 g/mol. The number of para-hydroxylation sites is 1. The molecule has 0 saturated carbocycles. The second-order valence-electron chi connectivity index (χ2n) is 4.62. The molecule has 0 heterocycles. The fraction of sp³-hybridized carbons (Fsp3) is 0.400. The molecule has 0 saturated heterocycles. The second-order valence-corrected chi connectivity index (χ2v) is 4.62. The largest absolute Gasteiger partial charge is 3.00 e. The molecule has 14 heteroatoms. The van der Waals surface area contributed by atoms with Gasteiger partial charge in [-0.15, -0.1) is 0 Å². The molecule has 0 amide bonds. The van der Waals surface area contributed by atoms with Crippen LogP contribution in [0.1, 0.15) is 10.4 Å². The molecule has 0 fully saturated rings. The van der Waals surface area contributed by atoms with E-state index in [0.29, 0.717) is 0 Å². The van der Waals surface area contributed by atoms with Crippen LogP contribution < -0.4 is 29.6 Å². The summed E-state index contributed by atoms with van der Waals surface area (Å²) in [5.41, 5.74) is -0.0671. The van der Waals surface area contributed by atoms with E-state index in [4.69, 9.17) is 45.6 Å². The van der Waals surface area contributed by atoms with Gasteiger partial charge < -0.3 is 50.4 Å². The molecule has 0 aliphatic rings. The first-order chi connectivity index (χ1) is 12.5. The summed E-state index contributed by atoms with van der Waals surface area (Å²) in [6.45, 7) is 0.338. The van der Waals surface area contributed by atoms with E-state index in [-0.39, 0.29) is 58.2 Å². The summed E-state index contributed by atoms with van der Waals surface area (Å²) in [5, 5.41) is 69.1. The van der Waals surface area contributed by atoms with Crippen molar-refractivity contribution in [1.82, 2.24) is 0 Å². The van der Waals surface area contributed by atoms with Crippen molar-refractivity contribution in [3.63, 3.8) is 0 Å². The van der Waals surface area contributed by atoms with Crippen LogP contribution in [0, 0.1) is 0 Å². The number of methoxy groups -OCH3 is 1. The van der Waals surface area contributed by atoms with Gasteiger partial charge in [-0.3, -0.25) is 0 Å². The van der Waals surface area contributed by atoms with Crippen molar-refractivity contribution in [2.75, 3.05) is 13.7 Å². The maximum Gasteiger partial charge on any atom is 3.00 e. The van der Waals surface area contributed by atoms with Crippen LogP contribution in [0.4, 0.5) is 0 Å². The number of carbonyl (C=O) groups excluding carboxylic acids is 1. The van der Waals surface area contributed by atoms with Crippen molar-refractivity contribution in [2.45, 2.75) is 24.4 Å². The van der Waals surface area contributed by atoms with E-state index >= 15 is 0 Å². The number of benzene rings is 1. The smallest absolute Gasteiger partial charge is 0.655 e. The van der Waals surface area contributed by atoms with E-state index in [9.17, 15) is 9.59 Å². The summed E-state index contributed by atoms with van der Waals surface area (Å²) >= 11 is 0. The first kappa shape index (κ1) is 35.2. The Hall–Kier alpha value is -1.24. The quantitative estimate of drug-likeness (QED) is 0.146. The van der Waals surface area contributed by atoms with E-state index in [1.807, 2.05) is 0 Å². The Morgan fingerprint density at radius 1 is 1.07 bits per heavy atom. The number of hydrogen-bond donors (Lipinski definition) is 8. The summed E-state index contributed by atoms with van der Waals surface area (Å²) < 4.78 is 3.74. The number of rotatable bonds is 7. The number of aliphatic carboxylic acids is 1. The number of hydrogen-bond acceptors (Lipinski definition) is 10. The molecule has 4 unspecified atom stereocenters. The summed E-state index contributed by atoms with van der Waals surface area (Å²) in [6.07, 6.45) is -7.84. The number of carboxylic acids is 2. The third-order valence-electron chi connectivity index (χ3n) is 2.73. The topological polar surface area (TPSA) is 222 Å². The van der Waals surface area contributed by atoms with Gasteiger partial charge in [0, 0.05) is 7.11 Å². The fourth-order valence-electron chi connectivity index (χ4n) is 1.32. The van der Waals surface area contributed by atoms with Crippen LogP contribution in [-0.2, 0) is 14.3 Å². The van der Waals surface area contributed by atoms with Gasteiger partial charge in [0.1, 0.15) is 29.6 Å². The molecular formula is C15H21AlNaO12+3. The molecule has 0 radical (unpaired) electrons. The summed E-state index contributed by atoms with van der Waals surface area (Å²) in [6, 6.07) is 5.81. The molecule has 1 aromatic rings. The minimum absolute atomic E-state index is 0. The van der Waals surface area contributed by atoms with E-state index in [1.165, 1.54) is 25.7 Å². The van der Waals surface area contributed by atoms with Gasteiger partial charge in [0.15, 0.2) is 6.10 Å². The van der Waals surface area contributed by atoms with Crippen LogP contribution in [0.3, 0.4) is 0 Å². The normalized spacial score (nSPS) is 13.0. The molecule has 1 aromatic carbocycles. The number of phenols is 1. The third-order valence-corrected chi connectivity index (χ3v) is 2.73. The predicted octanol–water partition coefficient (Wildman–Crippen LogP) is -6.08. The van der Waals surface area contributed by atoms with Crippen LogP contribution in [0.15, 0.2) is 24.3 Å². The maximum absolute atomic E-state index is 10.3. The van der Waals surface area contributed by atoms with Crippen molar-refractivity contribution in [2.24, 2.45) is 0 Å². The van der Waals surface area contributed by atoms with E-state index < -0.39 is 43.0 Å². The molecule has 29 heavy (non-hydrogen) atoms. The first-order valence-electron chi connectivity index (χ1n) is 7.02. The number of carbonyl (C=O) groups is 2. The van der Waals surface area contributed by atoms with Gasteiger partial charge >= 0.3 is 58.9 Å². The summed E-state index contributed by atoms with van der Waals surface area (Å²) in [4.78, 5) is 29.2. The average Bonchev–Trinajstić information content (AvgIpc) is 2.66. The molecule has 0 bridgehead atoms. The van der Waals surface area contributed by atoms with Gasteiger partial charge in [0.05, 0.1) is 6.61 Å². The Kier molecular flexibility index (Phi) is 24.3. The minimum atomic E-state index is -2.20. The van der Waals surface area contributed by atoms with Crippen LogP contribution in [-0.4, -0.2) is 115 Å². The van der Waals surface area contributed by atoms with Gasteiger partial charge in [0.2, 0.25) is 0 Å². The number of aliphatic hydroxyl groups is 5. The Morgan fingerprint density at radius 2 is 1.52 bits per heavy atom. The van der Waals surface area contributed by atoms with Gasteiger partial charge in [-0.1, -0.05) is 18.6 Å². The van der Waals surface area contributed by atoms with Gasteiger partial charge in [0.25, 0.3) is 0 Å². The summed E-state index contributed by atoms with van der Waals surface area (Å²) in [5.74, 6) is -3.04. The van der Waals surface area contributed by atoms with Crippen LogP contribution >= 0.6 is 0 Å². The van der Waals surface area contributed by atoms with Crippen LogP contribution in [0.5, 0.6) is 5.75 Å². The van der Waals surface area contributed by atoms with E-state index in [1.54, 1.807) is 12.1 Å². The molecule has 0 aromatic heterocycles. The minimum Gasteiger partial charge on any atom is -0.655 e. The molecule has 154 valence electrons. The molecule has 1 rings (SSSR count).